The Labute approximate surface area is 114 Å². The number of hydrogen-bond acceptors (Lipinski definition) is 2. The minimum Gasteiger partial charge on any atom is -0.381 e. The van der Waals surface area contributed by atoms with Crippen LogP contribution >= 0.6 is 11.6 Å². The molecule has 2 aromatic carbocycles. The van der Waals surface area contributed by atoms with Gasteiger partial charge < -0.3 is 5.32 Å². The van der Waals surface area contributed by atoms with Crippen LogP contribution in [-0.4, -0.2) is 10.2 Å². The Hall–Kier alpha value is -2.07. The summed E-state index contributed by atoms with van der Waals surface area (Å²) in [5.74, 6) is -0.399. The first-order valence-electron chi connectivity index (χ1n) is 5.83. The van der Waals surface area contributed by atoms with Crippen LogP contribution in [0.1, 0.15) is 5.56 Å². The summed E-state index contributed by atoms with van der Waals surface area (Å²) in [7, 11) is 0. The number of fused-ring (bicyclic) bond motifs is 1. The van der Waals surface area contributed by atoms with Gasteiger partial charge in [-0.1, -0.05) is 17.7 Å². The molecule has 0 radical (unpaired) electrons. The number of nitrogens with zero attached hydrogens (tertiary/aromatic N) is 1. The number of anilines is 1. The average Bonchev–Trinajstić information content (AvgIpc) is 2.87. The van der Waals surface area contributed by atoms with Crippen LogP contribution < -0.4 is 5.32 Å². The Morgan fingerprint density at radius 2 is 2.11 bits per heavy atom. The number of aromatic amines is 1. The normalized spacial score (nSPS) is 10.8. The smallest absolute Gasteiger partial charge is 0.141 e. The van der Waals surface area contributed by atoms with Crippen LogP contribution in [0, 0.1) is 5.82 Å². The zero-order valence-electron chi connectivity index (χ0n) is 9.95. The average molecular weight is 276 g/mol. The zero-order chi connectivity index (χ0) is 13.2. The molecule has 0 saturated carbocycles. The highest BCUT2D eigenvalue weighted by Gasteiger charge is 2.02. The third-order valence-electron chi connectivity index (χ3n) is 2.92. The summed E-state index contributed by atoms with van der Waals surface area (Å²) in [6.45, 7) is 0.583. The highest BCUT2D eigenvalue weighted by molar-refractivity contribution is 6.30. The Morgan fingerprint density at radius 1 is 1.21 bits per heavy atom. The van der Waals surface area contributed by atoms with Crippen LogP contribution in [0.5, 0.6) is 0 Å². The topological polar surface area (TPSA) is 40.7 Å². The molecule has 2 N–H and O–H groups in total. The van der Waals surface area contributed by atoms with Gasteiger partial charge in [0.15, 0.2) is 0 Å². The molecule has 0 unspecified atom stereocenters. The molecule has 0 atom stereocenters. The van der Waals surface area contributed by atoms with Gasteiger partial charge in [0, 0.05) is 17.6 Å². The molecule has 96 valence electrons. The van der Waals surface area contributed by atoms with E-state index >= 15 is 0 Å². The number of rotatable bonds is 3. The molecule has 1 aromatic heterocycles. The number of H-pyrrole nitrogens is 1. The molecule has 3 aromatic rings. The Balaban J connectivity index is 1.75. The molecule has 3 nitrogen and oxygen atoms in total. The number of benzene rings is 2. The SMILES string of the molecule is Fc1ccc(CNc2ccc3cn[nH]c3c2)cc1Cl. The fraction of sp³-hybridized carbons (Fsp3) is 0.0714. The lowest BCUT2D eigenvalue weighted by atomic mass is 10.2. The molecule has 3 rings (SSSR count). The van der Waals surface area contributed by atoms with E-state index in [1.807, 2.05) is 18.2 Å². The number of halogens is 2. The number of aromatic nitrogens is 2. The maximum absolute atomic E-state index is 13.0. The number of nitrogens with one attached hydrogen (secondary N) is 2. The predicted octanol–water partition coefficient (Wildman–Crippen LogP) is 3.97. The van der Waals surface area contributed by atoms with Crippen molar-refractivity contribution in [2.45, 2.75) is 6.54 Å². The Morgan fingerprint density at radius 3 is 2.95 bits per heavy atom. The molecular formula is C14H11ClFN3. The van der Waals surface area contributed by atoms with E-state index in [1.165, 1.54) is 6.07 Å². The van der Waals surface area contributed by atoms with Crippen LogP contribution in [0.3, 0.4) is 0 Å². The molecule has 1 heterocycles. The molecule has 0 amide bonds. The van der Waals surface area contributed by atoms with Crippen molar-refractivity contribution < 1.29 is 4.39 Å². The van der Waals surface area contributed by atoms with E-state index in [9.17, 15) is 4.39 Å². The van der Waals surface area contributed by atoms with Crippen LogP contribution in [0.25, 0.3) is 10.9 Å². The molecule has 0 bridgehead atoms. The van der Waals surface area contributed by atoms with Crippen molar-refractivity contribution in [3.05, 3.63) is 59.0 Å². The quantitative estimate of drug-likeness (QED) is 0.759. The van der Waals surface area contributed by atoms with Gasteiger partial charge in [0.1, 0.15) is 5.82 Å². The van der Waals surface area contributed by atoms with Gasteiger partial charge in [-0.15, -0.1) is 0 Å². The first kappa shape index (κ1) is 12.0. The van der Waals surface area contributed by atoms with E-state index in [0.717, 1.165) is 22.2 Å². The van der Waals surface area contributed by atoms with Crippen molar-refractivity contribution >= 4 is 28.2 Å². The van der Waals surface area contributed by atoms with Crippen LogP contribution in [-0.2, 0) is 6.54 Å². The van der Waals surface area contributed by atoms with Crippen molar-refractivity contribution in [1.82, 2.24) is 10.2 Å². The minimum atomic E-state index is -0.399. The van der Waals surface area contributed by atoms with Crippen molar-refractivity contribution in [3.8, 4) is 0 Å². The number of hydrogen-bond donors (Lipinski definition) is 2. The van der Waals surface area contributed by atoms with E-state index in [2.05, 4.69) is 15.5 Å². The van der Waals surface area contributed by atoms with Gasteiger partial charge in [0.25, 0.3) is 0 Å². The monoisotopic (exact) mass is 275 g/mol. The minimum absolute atomic E-state index is 0.142. The Bertz CT molecular complexity index is 724. The first-order valence-corrected chi connectivity index (χ1v) is 6.21. The van der Waals surface area contributed by atoms with Gasteiger partial charge in [-0.2, -0.15) is 5.10 Å². The van der Waals surface area contributed by atoms with Gasteiger partial charge in [0.05, 0.1) is 16.7 Å². The summed E-state index contributed by atoms with van der Waals surface area (Å²) in [5, 5.41) is 11.4. The molecule has 5 heteroatoms. The fourth-order valence-corrected chi connectivity index (χ4v) is 2.10. The van der Waals surface area contributed by atoms with Crippen LogP contribution in [0.2, 0.25) is 5.02 Å². The van der Waals surface area contributed by atoms with Crippen LogP contribution in [0.4, 0.5) is 10.1 Å². The highest BCUT2D eigenvalue weighted by Crippen LogP contribution is 2.19. The van der Waals surface area contributed by atoms with Gasteiger partial charge in [0.2, 0.25) is 0 Å². The molecule has 0 spiro atoms. The molecule has 0 saturated heterocycles. The molecule has 0 aliphatic heterocycles. The molecular weight excluding hydrogens is 265 g/mol. The summed E-state index contributed by atoms with van der Waals surface area (Å²) in [5.41, 5.74) is 2.87. The third-order valence-corrected chi connectivity index (χ3v) is 3.21. The van der Waals surface area contributed by atoms with Gasteiger partial charge in [-0.05, 0) is 35.9 Å². The fourth-order valence-electron chi connectivity index (χ4n) is 1.90. The lowest BCUT2D eigenvalue weighted by Gasteiger charge is -2.07. The van der Waals surface area contributed by atoms with E-state index in [1.54, 1.807) is 18.3 Å². The summed E-state index contributed by atoms with van der Waals surface area (Å²) < 4.78 is 13.0. The van der Waals surface area contributed by atoms with Crippen molar-refractivity contribution in [2.24, 2.45) is 0 Å². The summed E-state index contributed by atoms with van der Waals surface area (Å²) in [6, 6.07) is 10.6. The predicted molar refractivity (Wildman–Crippen MR) is 74.8 cm³/mol. The maximum Gasteiger partial charge on any atom is 0.141 e. The van der Waals surface area contributed by atoms with Crippen molar-refractivity contribution in [1.29, 1.82) is 0 Å². The van der Waals surface area contributed by atoms with E-state index < -0.39 is 5.82 Å². The zero-order valence-corrected chi connectivity index (χ0v) is 10.7. The van der Waals surface area contributed by atoms with Crippen molar-refractivity contribution in [2.75, 3.05) is 5.32 Å². The largest absolute Gasteiger partial charge is 0.381 e. The van der Waals surface area contributed by atoms with Crippen LogP contribution in [0.15, 0.2) is 42.6 Å². The molecule has 0 aliphatic rings. The lowest BCUT2D eigenvalue weighted by Crippen LogP contribution is -1.99. The second-order valence-electron chi connectivity index (χ2n) is 4.27. The molecule has 19 heavy (non-hydrogen) atoms. The summed E-state index contributed by atoms with van der Waals surface area (Å²) in [6.07, 6.45) is 1.78. The van der Waals surface area contributed by atoms with Gasteiger partial charge >= 0.3 is 0 Å². The second kappa shape index (κ2) is 4.90. The van der Waals surface area contributed by atoms with Gasteiger partial charge in [-0.3, -0.25) is 5.10 Å². The highest BCUT2D eigenvalue weighted by atomic mass is 35.5. The third kappa shape index (κ3) is 2.53. The standard InChI is InChI=1S/C14H11ClFN3/c15-12-5-9(1-4-13(12)16)7-17-11-3-2-10-8-18-19-14(10)6-11/h1-6,8,17H,7H2,(H,18,19). The van der Waals surface area contributed by atoms with E-state index in [-0.39, 0.29) is 5.02 Å². The summed E-state index contributed by atoms with van der Waals surface area (Å²) >= 11 is 5.74. The van der Waals surface area contributed by atoms with E-state index in [0.29, 0.717) is 6.54 Å². The first-order chi connectivity index (χ1) is 9.22. The van der Waals surface area contributed by atoms with E-state index in [4.69, 9.17) is 11.6 Å². The van der Waals surface area contributed by atoms with Crippen molar-refractivity contribution in [3.63, 3.8) is 0 Å². The molecule has 0 fully saturated rings. The second-order valence-corrected chi connectivity index (χ2v) is 4.68. The maximum atomic E-state index is 13.0. The van der Waals surface area contributed by atoms with Gasteiger partial charge in [-0.25, -0.2) is 4.39 Å². The Kier molecular flexibility index (Phi) is 3.09. The lowest BCUT2D eigenvalue weighted by molar-refractivity contribution is 0.627. The summed E-state index contributed by atoms with van der Waals surface area (Å²) in [4.78, 5) is 0. The molecule has 0 aliphatic carbocycles.